The van der Waals surface area contributed by atoms with Gasteiger partial charge in [0.2, 0.25) is 0 Å². The van der Waals surface area contributed by atoms with E-state index in [-0.39, 0.29) is 0 Å². The van der Waals surface area contributed by atoms with Crippen molar-refractivity contribution in [2.24, 2.45) is 5.92 Å². The minimum absolute atomic E-state index is 0.516. The molecule has 0 heterocycles. The zero-order valence-corrected chi connectivity index (χ0v) is 10.1. The monoisotopic (exact) mass is 219 g/mol. The average molecular weight is 219 g/mol. The van der Waals surface area contributed by atoms with Crippen molar-refractivity contribution in [1.29, 1.82) is 0 Å². The molecule has 0 aromatic carbocycles. The molecule has 0 saturated heterocycles. The molecule has 1 N–H and O–H groups in total. The van der Waals surface area contributed by atoms with Gasteiger partial charge in [0.15, 0.2) is 0 Å². The largest absolute Gasteiger partial charge is 0.389 e. The van der Waals surface area contributed by atoms with Gasteiger partial charge in [0.05, 0.1) is 18.7 Å². The second-order valence-electron chi connectivity index (χ2n) is 4.96. The Balaban J connectivity index is 2.50. The first kappa shape index (κ1) is 13.1. The van der Waals surface area contributed by atoms with Crippen molar-refractivity contribution in [1.82, 2.24) is 4.90 Å². The lowest BCUT2D eigenvalue weighted by atomic mass is 9.79. The van der Waals surface area contributed by atoms with Gasteiger partial charge >= 0.3 is 0 Å². The number of nitrogens with zero attached hydrogens (tertiary/aromatic N) is 1. The molecule has 0 aliphatic heterocycles. The van der Waals surface area contributed by atoms with Gasteiger partial charge in [-0.15, -0.1) is 12.8 Å². The molecule has 0 aromatic rings. The fraction of sp³-hybridized carbons (Fsp3) is 0.714. The quantitative estimate of drug-likeness (QED) is 0.724. The highest BCUT2D eigenvalue weighted by atomic mass is 16.3. The van der Waals surface area contributed by atoms with E-state index in [1.807, 2.05) is 4.90 Å². The molecule has 1 saturated carbocycles. The van der Waals surface area contributed by atoms with Crippen molar-refractivity contribution in [2.75, 3.05) is 19.6 Å². The predicted molar refractivity (Wildman–Crippen MR) is 66.7 cm³/mol. The van der Waals surface area contributed by atoms with Crippen LogP contribution in [0.25, 0.3) is 0 Å². The Morgan fingerprint density at radius 3 is 2.19 bits per heavy atom. The lowest BCUT2D eigenvalue weighted by Crippen LogP contribution is -2.45. The van der Waals surface area contributed by atoms with Gasteiger partial charge in [0, 0.05) is 6.54 Å². The molecule has 2 nitrogen and oxygen atoms in total. The molecular weight excluding hydrogens is 198 g/mol. The normalized spacial score (nSPS) is 29.7. The van der Waals surface area contributed by atoms with Gasteiger partial charge in [0.1, 0.15) is 0 Å². The first-order valence-electron chi connectivity index (χ1n) is 5.91. The molecule has 0 aromatic heterocycles. The van der Waals surface area contributed by atoms with Crippen LogP contribution in [0.1, 0.15) is 32.6 Å². The number of aliphatic hydroxyl groups is 1. The summed E-state index contributed by atoms with van der Waals surface area (Å²) in [6.45, 7) is 3.87. The maximum absolute atomic E-state index is 10.4. The van der Waals surface area contributed by atoms with Gasteiger partial charge in [0.25, 0.3) is 0 Å². The summed E-state index contributed by atoms with van der Waals surface area (Å²) in [5.41, 5.74) is -0.583. The van der Waals surface area contributed by atoms with E-state index in [9.17, 15) is 5.11 Å². The van der Waals surface area contributed by atoms with Crippen molar-refractivity contribution in [3.8, 4) is 24.7 Å². The van der Waals surface area contributed by atoms with Gasteiger partial charge in [-0.3, -0.25) is 4.90 Å². The Kier molecular flexibility index (Phi) is 4.87. The molecule has 0 atom stereocenters. The van der Waals surface area contributed by atoms with E-state index in [2.05, 4.69) is 18.8 Å². The summed E-state index contributed by atoms with van der Waals surface area (Å²) in [4.78, 5) is 1.97. The number of terminal acetylenes is 2. The van der Waals surface area contributed by atoms with Crippen molar-refractivity contribution in [3.63, 3.8) is 0 Å². The van der Waals surface area contributed by atoms with E-state index in [0.717, 1.165) is 31.6 Å². The Morgan fingerprint density at radius 1 is 1.25 bits per heavy atom. The minimum atomic E-state index is -0.583. The van der Waals surface area contributed by atoms with Crippen LogP contribution in [0.3, 0.4) is 0 Å². The third kappa shape index (κ3) is 3.89. The van der Waals surface area contributed by atoms with Gasteiger partial charge in [-0.05, 0) is 31.6 Å². The van der Waals surface area contributed by atoms with Crippen LogP contribution >= 0.6 is 0 Å². The summed E-state index contributed by atoms with van der Waals surface area (Å²) in [7, 11) is 0. The Bertz CT molecular complexity index is 273. The van der Waals surface area contributed by atoms with E-state index in [1.54, 1.807) is 0 Å². The van der Waals surface area contributed by atoms with Gasteiger partial charge in [-0.25, -0.2) is 0 Å². The number of hydrogen-bond acceptors (Lipinski definition) is 2. The van der Waals surface area contributed by atoms with Crippen LogP contribution in [0.5, 0.6) is 0 Å². The molecular formula is C14H21NO. The molecule has 1 aliphatic rings. The molecule has 0 spiro atoms. The third-order valence-corrected chi connectivity index (χ3v) is 3.35. The molecule has 0 radical (unpaired) electrons. The highest BCUT2D eigenvalue weighted by molar-refractivity contribution is 4.97. The molecule has 88 valence electrons. The lowest BCUT2D eigenvalue weighted by Gasteiger charge is -2.37. The maximum Gasteiger partial charge on any atom is 0.0775 e. The Morgan fingerprint density at radius 2 is 1.75 bits per heavy atom. The molecule has 1 aliphatic carbocycles. The maximum atomic E-state index is 10.4. The standard InChI is InChI=1S/C14H21NO/c1-4-10-15(11-5-2)12-14(16)8-6-13(3)7-9-14/h1-2,13,16H,6-12H2,3H3. The van der Waals surface area contributed by atoms with Crippen LogP contribution in [0.15, 0.2) is 0 Å². The molecule has 1 rings (SSSR count). The minimum Gasteiger partial charge on any atom is -0.389 e. The molecule has 2 heteroatoms. The first-order chi connectivity index (χ1) is 7.59. The molecule has 0 bridgehead atoms. The van der Waals surface area contributed by atoms with Crippen LogP contribution in [0.4, 0.5) is 0 Å². The second-order valence-corrected chi connectivity index (χ2v) is 4.96. The topological polar surface area (TPSA) is 23.5 Å². The Hall–Kier alpha value is -0.960. The van der Waals surface area contributed by atoms with Crippen LogP contribution in [-0.2, 0) is 0 Å². The molecule has 16 heavy (non-hydrogen) atoms. The van der Waals surface area contributed by atoms with Crippen LogP contribution in [0, 0.1) is 30.6 Å². The van der Waals surface area contributed by atoms with Gasteiger partial charge < -0.3 is 5.11 Å². The van der Waals surface area contributed by atoms with Crippen LogP contribution in [0.2, 0.25) is 0 Å². The summed E-state index contributed by atoms with van der Waals surface area (Å²) >= 11 is 0. The van der Waals surface area contributed by atoms with E-state index < -0.39 is 5.60 Å². The van der Waals surface area contributed by atoms with Crippen LogP contribution < -0.4 is 0 Å². The molecule has 0 unspecified atom stereocenters. The lowest BCUT2D eigenvalue weighted by molar-refractivity contribution is -0.0301. The zero-order valence-electron chi connectivity index (χ0n) is 10.1. The SMILES string of the molecule is C#CCN(CC#C)CC1(O)CCC(C)CC1. The summed E-state index contributed by atoms with van der Waals surface area (Å²) in [6, 6.07) is 0. The van der Waals surface area contributed by atoms with E-state index in [0.29, 0.717) is 19.6 Å². The highest BCUT2D eigenvalue weighted by Crippen LogP contribution is 2.32. The van der Waals surface area contributed by atoms with Crippen molar-refractivity contribution >= 4 is 0 Å². The Labute approximate surface area is 99.0 Å². The number of rotatable bonds is 4. The van der Waals surface area contributed by atoms with Crippen molar-refractivity contribution in [3.05, 3.63) is 0 Å². The predicted octanol–water partition coefficient (Wildman–Crippen LogP) is 1.50. The van der Waals surface area contributed by atoms with E-state index >= 15 is 0 Å². The van der Waals surface area contributed by atoms with Crippen molar-refractivity contribution in [2.45, 2.75) is 38.2 Å². The zero-order chi connectivity index (χ0) is 12.0. The smallest absolute Gasteiger partial charge is 0.0775 e. The summed E-state index contributed by atoms with van der Waals surface area (Å²) in [6.07, 6.45) is 14.5. The van der Waals surface area contributed by atoms with Gasteiger partial charge in [-0.2, -0.15) is 0 Å². The molecule has 0 amide bonds. The van der Waals surface area contributed by atoms with Crippen molar-refractivity contribution < 1.29 is 5.11 Å². The number of hydrogen-bond donors (Lipinski definition) is 1. The van der Waals surface area contributed by atoms with E-state index in [1.165, 1.54) is 0 Å². The summed E-state index contributed by atoms with van der Waals surface area (Å²) in [5.74, 6) is 5.91. The van der Waals surface area contributed by atoms with E-state index in [4.69, 9.17) is 12.8 Å². The second kappa shape index (κ2) is 5.94. The van der Waals surface area contributed by atoms with Gasteiger partial charge in [-0.1, -0.05) is 18.8 Å². The first-order valence-corrected chi connectivity index (χ1v) is 5.91. The summed E-state index contributed by atoms with van der Waals surface area (Å²) < 4.78 is 0. The summed E-state index contributed by atoms with van der Waals surface area (Å²) in [5, 5.41) is 10.4. The molecule has 1 fully saturated rings. The van der Waals surface area contributed by atoms with Crippen LogP contribution in [-0.4, -0.2) is 35.2 Å². The highest BCUT2D eigenvalue weighted by Gasteiger charge is 2.33. The fourth-order valence-electron chi connectivity index (χ4n) is 2.30. The average Bonchev–Trinajstić information content (AvgIpc) is 2.24. The fourth-order valence-corrected chi connectivity index (χ4v) is 2.30. The third-order valence-electron chi connectivity index (χ3n) is 3.35.